The third-order valence-electron chi connectivity index (χ3n) is 7.59. The largest absolute Gasteiger partial charge is 0.543 e. The number of nitrogens with zero attached hydrogens (tertiary/aromatic N) is 1. The third-order valence-corrected chi connectivity index (χ3v) is 11.9. The van der Waals surface area contributed by atoms with Crippen molar-refractivity contribution in [2.45, 2.75) is 76.2 Å². The van der Waals surface area contributed by atoms with E-state index < -0.39 is 13.9 Å². The number of para-hydroxylation sites is 1. The van der Waals surface area contributed by atoms with Gasteiger partial charge in [0.2, 0.25) is 8.32 Å². The van der Waals surface area contributed by atoms with Crippen LogP contribution < -0.4 is 4.43 Å². The minimum atomic E-state index is -1.99. The fourth-order valence-electron chi connectivity index (χ4n) is 4.61. The van der Waals surface area contributed by atoms with Crippen molar-refractivity contribution in [3.63, 3.8) is 0 Å². The van der Waals surface area contributed by atoms with Gasteiger partial charge in [-0.05, 0) is 61.1 Å². The van der Waals surface area contributed by atoms with Gasteiger partial charge in [0.15, 0.2) is 0 Å². The van der Waals surface area contributed by atoms with Crippen molar-refractivity contribution >= 4 is 8.32 Å². The van der Waals surface area contributed by atoms with Gasteiger partial charge in [-0.2, -0.15) is 0 Å². The number of rotatable bonds is 8. The lowest BCUT2D eigenvalue weighted by Crippen LogP contribution is -2.57. The first kappa shape index (κ1) is 25.0. The van der Waals surface area contributed by atoms with E-state index in [-0.39, 0.29) is 24.3 Å². The maximum Gasteiger partial charge on any atom is 0.250 e. The third kappa shape index (κ3) is 5.28. The van der Waals surface area contributed by atoms with Gasteiger partial charge in [0.1, 0.15) is 5.75 Å². The van der Waals surface area contributed by atoms with Crippen molar-refractivity contribution in [3.8, 4) is 5.75 Å². The second kappa shape index (κ2) is 10.1. The average molecular weight is 456 g/mol. The van der Waals surface area contributed by atoms with E-state index in [1.165, 1.54) is 0 Å². The van der Waals surface area contributed by atoms with Gasteiger partial charge < -0.3 is 14.6 Å². The van der Waals surface area contributed by atoms with Crippen molar-refractivity contribution in [1.29, 1.82) is 0 Å². The van der Waals surface area contributed by atoms with E-state index in [1.807, 2.05) is 24.3 Å². The standard InChI is InChI=1S/C27H41NO3Si/c1-26(2,3)32(4,5)31-25-16-10-9-15-23(25)19-27(21-30)17-11-12-18-28(27)24(20-29)22-13-7-6-8-14-22/h6-10,13-16,24,29-30H,11-12,17-21H2,1-5H3/t24-,27+/m0/s1. The molecule has 0 unspecified atom stereocenters. The van der Waals surface area contributed by atoms with Gasteiger partial charge in [0.05, 0.1) is 19.3 Å². The lowest BCUT2D eigenvalue weighted by atomic mass is 9.80. The molecular formula is C27H41NO3Si. The molecule has 0 saturated carbocycles. The van der Waals surface area contributed by atoms with E-state index in [2.05, 4.69) is 69.1 Å². The molecule has 1 aliphatic rings. The molecule has 4 nitrogen and oxygen atoms in total. The maximum atomic E-state index is 10.8. The summed E-state index contributed by atoms with van der Waals surface area (Å²) in [5, 5.41) is 21.3. The van der Waals surface area contributed by atoms with Crippen LogP contribution in [0.1, 0.15) is 57.2 Å². The van der Waals surface area contributed by atoms with Gasteiger partial charge in [-0.25, -0.2) is 0 Å². The molecule has 0 bridgehead atoms. The number of benzene rings is 2. The molecule has 2 atom stereocenters. The predicted octanol–water partition coefficient (Wildman–Crippen LogP) is 5.56. The van der Waals surface area contributed by atoms with Crippen LogP contribution in [0.3, 0.4) is 0 Å². The fourth-order valence-corrected chi connectivity index (χ4v) is 5.67. The molecule has 2 N–H and O–H groups in total. The molecule has 1 saturated heterocycles. The van der Waals surface area contributed by atoms with Crippen LogP contribution in [0.5, 0.6) is 5.75 Å². The molecule has 2 aromatic carbocycles. The number of aliphatic hydroxyl groups excluding tert-OH is 2. The topological polar surface area (TPSA) is 52.9 Å². The SMILES string of the molecule is CC(C)(C)[Si](C)(C)Oc1ccccc1C[C@@]1(CO)CCCCN1[C@@H](CO)c1ccccc1. The zero-order valence-corrected chi connectivity index (χ0v) is 21.5. The lowest BCUT2D eigenvalue weighted by Gasteiger charge is -2.50. The van der Waals surface area contributed by atoms with Gasteiger partial charge in [0, 0.05) is 5.54 Å². The highest BCUT2D eigenvalue weighted by Gasteiger charge is 2.44. The Hall–Kier alpha value is -1.66. The summed E-state index contributed by atoms with van der Waals surface area (Å²) in [4.78, 5) is 2.36. The molecule has 1 aliphatic heterocycles. The minimum absolute atomic E-state index is 0.0356. The molecule has 176 valence electrons. The molecule has 1 fully saturated rings. The number of hydrogen-bond acceptors (Lipinski definition) is 4. The van der Waals surface area contributed by atoms with Crippen LogP contribution in [-0.2, 0) is 6.42 Å². The summed E-state index contributed by atoms with van der Waals surface area (Å²) in [6, 6.07) is 18.4. The van der Waals surface area contributed by atoms with Gasteiger partial charge in [-0.1, -0.05) is 75.7 Å². The summed E-state index contributed by atoms with van der Waals surface area (Å²) in [6.45, 7) is 12.3. The summed E-state index contributed by atoms with van der Waals surface area (Å²) >= 11 is 0. The Morgan fingerprint density at radius 3 is 2.28 bits per heavy atom. The van der Waals surface area contributed by atoms with Crippen molar-refractivity contribution in [2.75, 3.05) is 19.8 Å². The zero-order chi connectivity index (χ0) is 23.4. The van der Waals surface area contributed by atoms with Gasteiger partial charge in [0.25, 0.3) is 0 Å². The van der Waals surface area contributed by atoms with E-state index in [0.29, 0.717) is 6.42 Å². The van der Waals surface area contributed by atoms with Crippen molar-refractivity contribution in [3.05, 3.63) is 65.7 Å². The van der Waals surface area contributed by atoms with E-state index in [1.54, 1.807) is 0 Å². The molecule has 0 aromatic heterocycles. The van der Waals surface area contributed by atoms with Gasteiger partial charge in [-0.3, -0.25) is 4.90 Å². The summed E-state index contributed by atoms with van der Waals surface area (Å²) in [5.74, 6) is 0.942. The van der Waals surface area contributed by atoms with E-state index in [4.69, 9.17) is 4.43 Å². The zero-order valence-electron chi connectivity index (χ0n) is 20.5. The first-order valence-electron chi connectivity index (χ1n) is 11.9. The van der Waals surface area contributed by atoms with E-state index in [0.717, 1.165) is 42.7 Å². The highest BCUT2D eigenvalue weighted by Crippen LogP contribution is 2.42. The van der Waals surface area contributed by atoms with Crippen LogP contribution in [0.4, 0.5) is 0 Å². The highest BCUT2D eigenvalue weighted by atomic mass is 28.4. The second-order valence-corrected chi connectivity index (χ2v) is 15.5. The van der Waals surface area contributed by atoms with Crippen LogP contribution >= 0.6 is 0 Å². The molecular weight excluding hydrogens is 414 g/mol. The van der Waals surface area contributed by atoms with Crippen LogP contribution in [0.25, 0.3) is 0 Å². The molecule has 0 amide bonds. The molecule has 5 heteroatoms. The number of likely N-dealkylation sites (tertiary alicyclic amines) is 1. The van der Waals surface area contributed by atoms with Crippen molar-refractivity contribution in [2.24, 2.45) is 0 Å². The quantitative estimate of drug-likeness (QED) is 0.511. The molecule has 32 heavy (non-hydrogen) atoms. The molecule has 2 aromatic rings. The first-order valence-corrected chi connectivity index (χ1v) is 14.8. The molecule has 0 spiro atoms. The van der Waals surface area contributed by atoms with Crippen molar-refractivity contribution < 1.29 is 14.6 Å². The van der Waals surface area contributed by atoms with Gasteiger partial charge >= 0.3 is 0 Å². The summed E-state index contributed by atoms with van der Waals surface area (Å²) in [7, 11) is -1.99. The minimum Gasteiger partial charge on any atom is -0.543 e. The maximum absolute atomic E-state index is 10.8. The van der Waals surface area contributed by atoms with Crippen LogP contribution in [0.15, 0.2) is 54.6 Å². The van der Waals surface area contributed by atoms with Crippen LogP contribution in [-0.4, -0.2) is 48.7 Å². The summed E-state index contributed by atoms with van der Waals surface area (Å²) in [5.41, 5.74) is 1.82. The normalized spacial score (nSPS) is 21.3. The summed E-state index contributed by atoms with van der Waals surface area (Å²) < 4.78 is 6.72. The Morgan fingerprint density at radius 2 is 1.66 bits per heavy atom. The second-order valence-electron chi connectivity index (χ2n) is 10.8. The number of aliphatic hydroxyl groups is 2. The van der Waals surface area contributed by atoms with Gasteiger partial charge in [-0.15, -0.1) is 0 Å². The number of hydrogen-bond donors (Lipinski definition) is 2. The Balaban J connectivity index is 1.96. The molecule has 0 aliphatic carbocycles. The number of piperidine rings is 1. The monoisotopic (exact) mass is 455 g/mol. The molecule has 3 rings (SSSR count). The smallest absolute Gasteiger partial charge is 0.250 e. The average Bonchev–Trinajstić information content (AvgIpc) is 2.76. The van der Waals surface area contributed by atoms with E-state index >= 15 is 0 Å². The highest BCUT2D eigenvalue weighted by molar-refractivity contribution is 6.74. The van der Waals surface area contributed by atoms with E-state index in [9.17, 15) is 10.2 Å². The van der Waals surface area contributed by atoms with Crippen molar-refractivity contribution in [1.82, 2.24) is 4.90 Å². The Bertz CT molecular complexity index is 865. The Kier molecular flexibility index (Phi) is 7.87. The lowest BCUT2D eigenvalue weighted by molar-refractivity contribution is -0.0460. The first-order chi connectivity index (χ1) is 15.1. The Labute approximate surface area is 195 Å². The Morgan fingerprint density at radius 1 is 1.00 bits per heavy atom. The summed E-state index contributed by atoms with van der Waals surface area (Å²) in [6.07, 6.45) is 3.77. The van der Waals surface area contributed by atoms with Crippen LogP contribution in [0, 0.1) is 0 Å². The molecule has 0 radical (unpaired) electrons. The molecule has 1 heterocycles. The van der Waals surface area contributed by atoms with Crippen LogP contribution in [0.2, 0.25) is 18.1 Å². The predicted molar refractivity (Wildman–Crippen MR) is 135 cm³/mol. The fraction of sp³-hybridized carbons (Fsp3) is 0.556.